The number of thioether (sulfide) groups is 1. The second kappa shape index (κ2) is 7.87. The lowest BCUT2D eigenvalue weighted by Gasteiger charge is -2.12. The highest BCUT2D eigenvalue weighted by Gasteiger charge is 2.34. The van der Waals surface area contributed by atoms with Crippen LogP contribution in [-0.2, 0) is 4.79 Å². The van der Waals surface area contributed by atoms with E-state index in [1.807, 2.05) is 30.3 Å². The molecule has 1 N–H and O–H groups in total. The van der Waals surface area contributed by atoms with Crippen molar-refractivity contribution in [2.75, 3.05) is 13.1 Å². The van der Waals surface area contributed by atoms with E-state index in [-0.39, 0.29) is 18.8 Å². The van der Waals surface area contributed by atoms with E-state index in [1.54, 1.807) is 6.08 Å². The first-order valence-corrected chi connectivity index (χ1v) is 8.60. The number of amides is 3. The summed E-state index contributed by atoms with van der Waals surface area (Å²) in [5.74, 6) is -1.87. The lowest BCUT2D eigenvalue weighted by molar-refractivity contribution is -0.402. The van der Waals surface area contributed by atoms with E-state index in [1.165, 1.54) is 6.07 Å². The summed E-state index contributed by atoms with van der Waals surface area (Å²) >= 11 is 0.831. The molecule has 2 aromatic rings. The fourth-order valence-electron chi connectivity index (χ4n) is 2.31. The van der Waals surface area contributed by atoms with Gasteiger partial charge < -0.3 is 9.73 Å². The average Bonchev–Trinajstić information content (AvgIpc) is 3.24. The first kappa shape index (κ1) is 18.4. The second-order valence-electron chi connectivity index (χ2n) is 5.39. The maximum atomic E-state index is 12.4. The minimum absolute atomic E-state index is 0.00993. The number of imide groups is 1. The Kier molecular flexibility index (Phi) is 5.36. The van der Waals surface area contributed by atoms with Gasteiger partial charge in [-0.15, -0.1) is 0 Å². The van der Waals surface area contributed by atoms with Crippen LogP contribution in [0.15, 0.2) is 51.8 Å². The Hall–Kier alpha value is -3.40. The third-order valence-corrected chi connectivity index (χ3v) is 4.49. The normalized spacial score (nSPS) is 15.4. The van der Waals surface area contributed by atoms with Crippen molar-refractivity contribution < 1.29 is 23.7 Å². The Bertz CT molecular complexity index is 937. The number of carbonyl (C=O) groups excluding carboxylic acids is 3. The molecule has 0 spiro atoms. The minimum Gasteiger partial charge on any atom is -0.395 e. The van der Waals surface area contributed by atoms with Gasteiger partial charge in [0.2, 0.25) is 0 Å². The molecule has 9 nitrogen and oxygen atoms in total. The summed E-state index contributed by atoms with van der Waals surface area (Å²) < 4.78 is 4.78. The highest BCUT2D eigenvalue weighted by atomic mass is 32.2. The van der Waals surface area contributed by atoms with Gasteiger partial charge in [0.15, 0.2) is 5.76 Å². The van der Waals surface area contributed by atoms with Crippen LogP contribution in [0.25, 0.3) is 6.08 Å². The molecule has 10 heteroatoms. The van der Waals surface area contributed by atoms with Crippen LogP contribution in [-0.4, -0.2) is 40.0 Å². The summed E-state index contributed by atoms with van der Waals surface area (Å²) in [6.45, 7) is -0.0324. The number of hydrogen-bond donors (Lipinski definition) is 1. The Morgan fingerprint density at radius 2 is 1.96 bits per heavy atom. The zero-order valence-electron chi connectivity index (χ0n) is 13.8. The number of nitro groups is 1. The Morgan fingerprint density at radius 3 is 2.63 bits per heavy atom. The lowest BCUT2D eigenvalue weighted by Crippen LogP contribution is -2.37. The highest BCUT2D eigenvalue weighted by Crippen LogP contribution is 2.31. The van der Waals surface area contributed by atoms with E-state index in [0.717, 1.165) is 28.3 Å². The van der Waals surface area contributed by atoms with Gasteiger partial charge in [-0.25, -0.2) is 0 Å². The molecule has 1 aliphatic rings. The molecule has 138 valence electrons. The van der Waals surface area contributed by atoms with Crippen LogP contribution in [0.2, 0.25) is 0 Å². The molecule has 1 aromatic carbocycles. The maximum absolute atomic E-state index is 12.4. The second-order valence-corrected chi connectivity index (χ2v) is 6.39. The topological polar surface area (TPSA) is 123 Å². The Morgan fingerprint density at radius 1 is 1.22 bits per heavy atom. The predicted octanol–water partition coefficient (Wildman–Crippen LogP) is 2.65. The standard InChI is InChI=1S/C17H13N3O6S/c21-15(12-6-7-14(26-12)20(24)25)18-8-9-19-16(22)13(27-17(19)23)10-11-4-2-1-3-5-11/h1-7,10H,8-9H2,(H,18,21)/b13-10-. The van der Waals surface area contributed by atoms with Gasteiger partial charge in [-0.3, -0.25) is 29.4 Å². The van der Waals surface area contributed by atoms with Crippen molar-refractivity contribution in [2.24, 2.45) is 0 Å². The molecule has 0 unspecified atom stereocenters. The van der Waals surface area contributed by atoms with E-state index in [0.29, 0.717) is 4.91 Å². The van der Waals surface area contributed by atoms with Crippen LogP contribution in [0.3, 0.4) is 0 Å². The van der Waals surface area contributed by atoms with Crippen molar-refractivity contribution in [3.05, 3.63) is 68.8 Å². The number of carbonyl (C=O) groups is 3. The summed E-state index contributed by atoms with van der Waals surface area (Å²) in [5.41, 5.74) is 0.802. The van der Waals surface area contributed by atoms with Gasteiger partial charge in [0.1, 0.15) is 4.92 Å². The monoisotopic (exact) mass is 387 g/mol. The van der Waals surface area contributed by atoms with E-state index in [2.05, 4.69) is 5.32 Å². The fraction of sp³-hybridized carbons (Fsp3) is 0.118. The molecule has 1 aromatic heterocycles. The summed E-state index contributed by atoms with van der Waals surface area (Å²) in [6, 6.07) is 11.4. The van der Waals surface area contributed by atoms with E-state index in [4.69, 9.17) is 4.42 Å². The smallest absolute Gasteiger partial charge is 0.395 e. The fourth-order valence-corrected chi connectivity index (χ4v) is 3.17. The number of benzene rings is 1. The Balaban J connectivity index is 1.57. The van der Waals surface area contributed by atoms with Crippen LogP contribution in [0.1, 0.15) is 16.1 Å². The van der Waals surface area contributed by atoms with Gasteiger partial charge in [0, 0.05) is 13.1 Å². The molecule has 1 fully saturated rings. The largest absolute Gasteiger partial charge is 0.433 e. The molecule has 27 heavy (non-hydrogen) atoms. The SMILES string of the molecule is O=C(NCCN1C(=O)S/C(=C\c2ccccc2)C1=O)c1ccc([N+](=O)[O-])o1. The zero-order chi connectivity index (χ0) is 19.4. The molecule has 0 saturated carbocycles. The molecule has 1 saturated heterocycles. The third-order valence-electron chi connectivity index (χ3n) is 3.59. The maximum Gasteiger partial charge on any atom is 0.433 e. The van der Waals surface area contributed by atoms with Gasteiger partial charge in [-0.2, -0.15) is 0 Å². The van der Waals surface area contributed by atoms with Gasteiger partial charge in [-0.1, -0.05) is 30.3 Å². The van der Waals surface area contributed by atoms with Crippen molar-refractivity contribution >= 4 is 40.8 Å². The summed E-state index contributed by atoms with van der Waals surface area (Å²) in [6.07, 6.45) is 1.63. The molecule has 1 aliphatic heterocycles. The van der Waals surface area contributed by atoms with Crippen LogP contribution in [0, 0.1) is 10.1 Å². The number of hydrogen-bond acceptors (Lipinski definition) is 7. The molecule has 0 bridgehead atoms. The van der Waals surface area contributed by atoms with E-state index in [9.17, 15) is 24.5 Å². The van der Waals surface area contributed by atoms with Gasteiger partial charge >= 0.3 is 5.88 Å². The molecule has 3 amide bonds. The van der Waals surface area contributed by atoms with Crippen molar-refractivity contribution in [1.82, 2.24) is 10.2 Å². The molecule has 3 rings (SSSR count). The number of nitrogens with one attached hydrogen (secondary N) is 1. The molecule has 2 heterocycles. The van der Waals surface area contributed by atoms with Crippen molar-refractivity contribution in [2.45, 2.75) is 0 Å². The number of furan rings is 1. The van der Waals surface area contributed by atoms with Crippen LogP contribution >= 0.6 is 11.8 Å². The summed E-state index contributed by atoms with van der Waals surface area (Å²) in [5, 5.41) is 12.6. The van der Waals surface area contributed by atoms with Gasteiger partial charge in [-0.05, 0) is 29.5 Å². The number of nitrogens with zero attached hydrogens (tertiary/aromatic N) is 2. The van der Waals surface area contributed by atoms with Crippen LogP contribution in [0.5, 0.6) is 0 Å². The van der Waals surface area contributed by atoms with Crippen molar-refractivity contribution in [1.29, 1.82) is 0 Å². The van der Waals surface area contributed by atoms with Crippen LogP contribution in [0.4, 0.5) is 10.7 Å². The third kappa shape index (κ3) is 4.23. The molecular weight excluding hydrogens is 374 g/mol. The zero-order valence-corrected chi connectivity index (χ0v) is 14.6. The first-order valence-electron chi connectivity index (χ1n) is 7.78. The average molecular weight is 387 g/mol. The first-order chi connectivity index (χ1) is 13.0. The predicted molar refractivity (Wildman–Crippen MR) is 96.8 cm³/mol. The summed E-state index contributed by atoms with van der Waals surface area (Å²) in [7, 11) is 0. The van der Waals surface area contributed by atoms with Gasteiger partial charge in [0.05, 0.1) is 11.0 Å². The van der Waals surface area contributed by atoms with Crippen LogP contribution < -0.4 is 5.32 Å². The molecule has 0 atom stereocenters. The molecule has 0 radical (unpaired) electrons. The lowest BCUT2D eigenvalue weighted by atomic mass is 10.2. The highest BCUT2D eigenvalue weighted by molar-refractivity contribution is 8.18. The van der Waals surface area contributed by atoms with E-state index >= 15 is 0 Å². The quantitative estimate of drug-likeness (QED) is 0.459. The Labute approximate surface area is 157 Å². The van der Waals surface area contributed by atoms with Gasteiger partial charge in [0.25, 0.3) is 17.1 Å². The minimum atomic E-state index is -0.754. The van der Waals surface area contributed by atoms with Crippen molar-refractivity contribution in [3.63, 3.8) is 0 Å². The molecular formula is C17H13N3O6S. The van der Waals surface area contributed by atoms with E-state index < -0.39 is 27.9 Å². The summed E-state index contributed by atoms with van der Waals surface area (Å²) in [4.78, 5) is 47.4. The number of rotatable bonds is 6. The van der Waals surface area contributed by atoms with Crippen molar-refractivity contribution in [3.8, 4) is 0 Å². The molecule has 0 aliphatic carbocycles.